The van der Waals surface area contributed by atoms with Crippen LogP contribution in [0.4, 0.5) is 0 Å². The fraction of sp³-hybridized carbons (Fsp3) is 0.533. The Bertz CT molecular complexity index is 436. The van der Waals surface area contributed by atoms with Crippen molar-refractivity contribution in [2.75, 3.05) is 12.8 Å². The molecule has 104 valence electrons. The third-order valence-electron chi connectivity index (χ3n) is 3.57. The second-order valence-electron chi connectivity index (χ2n) is 5.18. The van der Waals surface area contributed by atoms with E-state index in [2.05, 4.69) is 11.6 Å². The van der Waals surface area contributed by atoms with Gasteiger partial charge in [0.25, 0.3) is 5.91 Å². The number of aliphatic hydroxyl groups is 1. The molecule has 0 aromatic heterocycles. The Hall–Kier alpha value is -1.00. The van der Waals surface area contributed by atoms with Gasteiger partial charge in [0.15, 0.2) is 0 Å². The van der Waals surface area contributed by atoms with Crippen molar-refractivity contribution in [1.82, 2.24) is 5.32 Å². The number of thioether (sulfide) groups is 1. The molecule has 3 nitrogen and oxygen atoms in total. The highest BCUT2D eigenvalue weighted by atomic mass is 32.2. The van der Waals surface area contributed by atoms with E-state index in [-0.39, 0.29) is 12.0 Å². The first-order chi connectivity index (χ1) is 9.19. The largest absolute Gasteiger partial charge is 0.393 e. The zero-order chi connectivity index (χ0) is 13.7. The molecule has 1 fully saturated rings. The van der Waals surface area contributed by atoms with Crippen molar-refractivity contribution in [2.45, 2.75) is 31.1 Å². The average molecular weight is 279 g/mol. The van der Waals surface area contributed by atoms with Crippen molar-refractivity contribution >= 4 is 17.7 Å². The van der Waals surface area contributed by atoms with E-state index in [0.717, 1.165) is 30.6 Å². The third kappa shape index (κ3) is 4.25. The van der Waals surface area contributed by atoms with Gasteiger partial charge < -0.3 is 10.4 Å². The molecule has 1 aliphatic rings. The molecule has 1 aliphatic carbocycles. The summed E-state index contributed by atoms with van der Waals surface area (Å²) >= 11 is 1.75. The highest BCUT2D eigenvalue weighted by molar-refractivity contribution is 7.97. The van der Waals surface area contributed by atoms with E-state index in [0.29, 0.717) is 12.5 Å². The molecule has 2 rings (SSSR count). The van der Waals surface area contributed by atoms with Crippen LogP contribution in [0.5, 0.6) is 0 Å². The van der Waals surface area contributed by atoms with Crippen LogP contribution < -0.4 is 5.32 Å². The van der Waals surface area contributed by atoms with Crippen LogP contribution >= 0.6 is 11.8 Å². The van der Waals surface area contributed by atoms with Crippen molar-refractivity contribution in [2.24, 2.45) is 5.92 Å². The normalized spacial score (nSPS) is 22.4. The first-order valence-electron chi connectivity index (χ1n) is 6.73. The predicted molar refractivity (Wildman–Crippen MR) is 79.3 cm³/mol. The van der Waals surface area contributed by atoms with E-state index in [1.165, 1.54) is 5.56 Å². The minimum Gasteiger partial charge on any atom is -0.393 e. The van der Waals surface area contributed by atoms with Gasteiger partial charge in [0.05, 0.1) is 6.10 Å². The molecule has 19 heavy (non-hydrogen) atoms. The van der Waals surface area contributed by atoms with Gasteiger partial charge >= 0.3 is 0 Å². The number of benzene rings is 1. The maximum Gasteiger partial charge on any atom is 0.251 e. The van der Waals surface area contributed by atoms with Crippen molar-refractivity contribution in [3.05, 3.63) is 35.4 Å². The minimum absolute atomic E-state index is 0.00987. The molecule has 0 saturated heterocycles. The van der Waals surface area contributed by atoms with Gasteiger partial charge in [0.2, 0.25) is 0 Å². The van der Waals surface area contributed by atoms with Crippen LogP contribution in [-0.4, -0.2) is 29.9 Å². The van der Waals surface area contributed by atoms with Gasteiger partial charge in [-0.15, -0.1) is 0 Å². The molecular weight excluding hydrogens is 258 g/mol. The van der Waals surface area contributed by atoms with Gasteiger partial charge in [-0.2, -0.15) is 11.8 Å². The maximum absolute atomic E-state index is 12.1. The van der Waals surface area contributed by atoms with Crippen LogP contribution in [0.25, 0.3) is 0 Å². The molecule has 4 heteroatoms. The number of hydrogen-bond donors (Lipinski definition) is 2. The Morgan fingerprint density at radius 2 is 2.32 bits per heavy atom. The Kier molecular flexibility index (Phi) is 5.28. The van der Waals surface area contributed by atoms with Gasteiger partial charge in [-0.1, -0.05) is 12.1 Å². The fourth-order valence-electron chi connectivity index (χ4n) is 2.54. The molecule has 2 unspecified atom stereocenters. The first kappa shape index (κ1) is 14.4. The van der Waals surface area contributed by atoms with Gasteiger partial charge in [-0.25, -0.2) is 0 Å². The molecule has 2 atom stereocenters. The SMILES string of the molecule is CSCc1cccc(C(=O)NCC2CCC(O)C2)c1. The average Bonchev–Trinajstić information content (AvgIpc) is 2.82. The van der Waals surface area contributed by atoms with Crippen molar-refractivity contribution < 1.29 is 9.90 Å². The highest BCUT2D eigenvalue weighted by Crippen LogP contribution is 2.24. The summed E-state index contributed by atoms with van der Waals surface area (Å²) in [6, 6.07) is 7.78. The van der Waals surface area contributed by atoms with Gasteiger partial charge in [0.1, 0.15) is 0 Å². The molecule has 1 aromatic carbocycles. The van der Waals surface area contributed by atoms with E-state index in [9.17, 15) is 9.90 Å². The predicted octanol–water partition coefficient (Wildman–Crippen LogP) is 2.44. The lowest BCUT2D eigenvalue weighted by Crippen LogP contribution is -2.28. The smallest absolute Gasteiger partial charge is 0.251 e. The van der Waals surface area contributed by atoms with E-state index >= 15 is 0 Å². The van der Waals surface area contributed by atoms with Crippen LogP contribution in [0.1, 0.15) is 35.2 Å². The highest BCUT2D eigenvalue weighted by Gasteiger charge is 2.23. The Morgan fingerprint density at radius 3 is 3.00 bits per heavy atom. The van der Waals surface area contributed by atoms with Crippen molar-refractivity contribution in [1.29, 1.82) is 0 Å². The first-order valence-corrected chi connectivity index (χ1v) is 8.12. The van der Waals surface area contributed by atoms with E-state index in [4.69, 9.17) is 0 Å². The molecule has 0 bridgehead atoms. The minimum atomic E-state index is -0.174. The molecule has 0 spiro atoms. The molecule has 1 aromatic rings. The molecule has 0 radical (unpaired) electrons. The number of rotatable bonds is 5. The van der Waals surface area contributed by atoms with E-state index in [1.807, 2.05) is 24.3 Å². The van der Waals surface area contributed by atoms with Crippen LogP contribution in [0.3, 0.4) is 0 Å². The number of aliphatic hydroxyl groups excluding tert-OH is 1. The summed E-state index contributed by atoms with van der Waals surface area (Å²) in [6.45, 7) is 0.669. The van der Waals surface area contributed by atoms with Gasteiger partial charge in [0, 0.05) is 17.9 Å². The molecule has 1 saturated carbocycles. The van der Waals surface area contributed by atoms with Crippen LogP contribution in [0.15, 0.2) is 24.3 Å². The summed E-state index contributed by atoms with van der Waals surface area (Å²) in [6.07, 6.45) is 4.56. The Labute approximate surface area is 118 Å². The fourth-order valence-corrected chi connectivity index (χ4v) is 3.05. The summed E-state index contributed by atoms with van der Waals surface area (Å²) in [5, 5.41) is 12.4. The van der Waals surface area contributed by atoms with Crippen LogP contribution in [-0.2, 0) is 5.75 Å². The van der Waals surface area contributed by atoms with Crippen LogP contribution in [0.2, 0.25) is 0 Å². The quantitative estimate of drug-likeness (QED) is 0.870. The summed E-state index contributed by atoms with van der Waals surface area (Å²) in [7, 11) is 0. The summed E-state index contributed by atoms with van der Waals surface area (Å²) < 4.78 is 0. The topological polar surface area (TPSA) is 49.3 Å². The molecule has 0 aliphatic heterocycles. The lowest BCUT2D eigenvalue weighted by Gasteiger charge is -2.11. The summed E-state index contributed by atoms with van der Waals surface area (Å²) in [4.78, 5) is 12.1. The molecule has 1 amide bonds. The third-order valence-corrected chi connectivity index (χ3v) is 4.19. The number of carbonyl (C=O) groups excluding carboxylic acids is 1. The van der Waals surface area contributed by atoms with E-state index in [1.54, 1.807) is 11.8 Å². The molecule has 2 N–H and O–H groups in total. The molecule has 0 heterocycles. The second kappa shape index (κ2) is 6.96. The van der Waals surface area contributed by atoms with Gasteiger partial charge in [-0.05, 0) is 49.1 Å². The summed E-state index contributed by atoms with van der Waals surface area (Å²) in [5.74, 6) is 1.34. The molecular formula is C15H21NO2S. The van der Waals surface area contributed by atoms with Crippen molar-refractivity contribution in [3.63, 3.8) is 0 Å². The monoisotopic (exact) mass is 279 g/mol. The Balaban J connectivity index is 1.87. The summed E-state index contributed by atoms with van der Waals surface area (Å²) in [5.41, 5.74) is 1.90. The van der Waals surface area contributed by atoms with Crippen molar-refractivity contribution in [3.8, 4) is 0 Å². The number of amides is 1. The number of hydrogen-bond acceptors (Lipinski definition) is 3. The zero-order valence-corrected chi connectivity index (χ0v) is 12.1. The van der Waals surface area contributed by atoms with Gasteiger partial charge in [-0.3, -0.25) is 4.79 Å². The Morgan fingerprint density at radius 1 is 1.47 bits per heavy atom. The lowest BCUT2D eigenvalue weighted by atomic mass is 10.1. The zero-order valence-electron chi connectivity index (χ0n) is 11.3. The lowest BCUT2D eigenvalue weighted by molar-refractivity contribution is 0.0945. The number of nitrogens with one attached hydrogen (secondary N) is 1. The second-order valence-corrected chi connectivity index (χ2v) is 6.04. The maximum atomic E-state index is 12.1. The number of carbonyl (C=O) groups is 1. The van der Waals surface area contributed by atoms with Crippen LogP contribution in [0, 0.1) is 5.92 Å². The standard InChI is InChI=1S/C15H21NO2S/c1-19-10-12-3-2-4-13(7-12)15(18)16-9-11-5-6-14(17)8-11/h2-4,7,11,14,17H,5-6,8-10H2,1H3,(H,16,18). The van der Waals surface area contributed by atoms with E-state index < -0.39 is 0 Å².